The number of benzene rings is 3. The summed E-state index contributed by atoms with van der Waals surface area (Å²) in [5, 5.41) is 12.9. The quantitative estimate of drug-likeness (QED) is 0.403. The maximum atomic E-state index is 13.3. The molecule has 0 aliphatic rings. The minimum Gasteiger partial charge on any atom is -0.497 e. The largest absolute Gasteiger partial charge is 0.497 e. The van der Waals surface area contributed by atoms with E-state index in [1.807, 2.05) is 0 Å². The molecule has 4 rings (SSSR count). The lowest BCUT2D eigenvalue weighted by Crippen LogP contribution is -2.19. The van der Waals surface area contributed by atoms with Gasteiger partial charge in [-0.1, -0.05) is 6.07 Å². The van der Waals surface area contributed by atoms with Crippen LogP contribution in [0.2, 0.25) is 0 Å². The number of carbonyl (C=O) groups is 1. The van der Waals surface area contributed by atoms with Crippen molar-refractivity contribution in [2.45, 2.75) is 6.61 Å². The molecule has 9 heteroatoms. The fourth-order valence-corrected chi connectivity index (χ4v) is 3.01. The zero-order chi connectivity index (χ0) is 21.8. The van der Waals surface area contributed by atoms with Crippen molar-refractivity contribution in [1.82, 2.24) is 10.2 Å². The highest BCUT2D eigenvalue weighted by Gasteiger charge is 2.11. The van der Waals surface area contributed by atoms with Crippen molar-refractivity contribution in [1.29, 1.82) is 0 Å². The topological polar surface area (TPSA) is 88.3 Å². The predicted molar refractivity (Wildman–Crippen MR) is 112 cm³/mol. The van der Waals surface area contributed by atoms with E-state index < -0.39 is 17.7 Å². The monoisotopic (exact) mass is 424 g/mol. The molecule has 1 heterocycles. The van der Waals surface area contributed by atoms with Crippen LogP contribution in [0.1, 0.15) is 5.56 Å². The molecular weight excluding hydrogens is 406 g/mol. The Morgan fingerprint density at radius 3 is 2.58 bits per heavy atom. The van der Waals surface area contributed by atoms with E-state index in [2.05, 4.69) is 20.8 Å². The van der Waals surface area contributed by atoms with Gasteiger partial charge in [-0.2, -0.15) is 5.10 Å². The molecule has 0 bridgehead atoms. The standard InChI is InChI=1S/C22H18F2N4O3/c1-30-17-4-2-3-16(10-17)25-22(29)26-21-19-11-18(5-6-20(19)27-28-21)31-12-13-7-14(23)9-15(24)8-13/h2-11H,12H2,1H3,(H3,25,26,27,28,29). The summed E-state index contributed by atoms with van der Waals surface area (Å²) >= 11 is 0. The van der Waals surface area contributed by atoms with Crippen LogP contribution >= 0.6 is 0 Å². The van der Waals surface area contributed by atoms with Gasteiger partial charge in [-0.25, -0.2) is 13.6 Å². The Morgan fingerprint density at radius 1 is 1.00 bits per heavy atom. The Hall–Kier alpha value is -4.14. The summed E-state index contributed by atoms with van der Waals surface area (Å²) in [5.41, 5.74) is 1.60. The molecular formula is C22H18F2N4O3. The van der Waals surface area contributed by atoms with Gasteiger partial charge in [-0.15, -0.1) is 0 Å². The summed E-state index contributed by atoms with van der Waals surface area (Å²) in [5.74, 6) is 0.0327. The number of rotatable bonds is 6. The summed E-state index contributed by atoms with van der Waals surface area (Å²) in [4.78, 5) is 12.4. The molecule has 158 valence electrons. The number of hydrogen-bond acceptors (Lipinski definition) is 4. The van der Waals surface area contributed by atoms with Crippen LogP contribution in [0.25, 0.3) is 10.9 Å². The maximum Gasteiger partial charge on any atom is 0.324 e. The van der Waals surface area contributed by atoms with Gasteiger partial charge in [0.05, 0.1) is 12.6 Å². The summed E-state index contributed by atoms with van der Waals surface area (Å²) < 4.78 is 37.4. The third kappa shape index (κ3) is 4.89. The Balaban J connectivity index is 1.46. The van der Waals surface area contributed by atoms with Gasteiger partial charge >= 0.3 is 6.03 Å². The van der Waals surface area contributed by atoms with Crippen LogP contribution < -0.4 is 20.1 Å². The molecule has 0 saturated carbocycles. The highest BCUT2D eigenvalue weighted by molar-refractivity contribution is 6.04. The van der Waals surface area contributed by atoms with Gasteiger partial charge in [0, 0.05) is 23.2 Å². The summed E-state index contributed by atoms with van der Waals surface area (Å²) in [7, 11) is 1.54. The Bertz CT molecular complexity index is 1220. The van der Waals surface area contributed by atoms with Crippen LogP contribution in [0.5, 0.6) is 11.5 Å². The number of nitrogens with one attached hydrogen (secondary N) is 3. The molecule has 0 spiro atoms. The number of methoxy groups -OCH3 is 1. The number of ether oxygens (including phenoxy) is 2. The van der Waals surface area contributed by atoms with Gasteiger partial charge in [0.1, 0.15) is 29.7 Å². The second kappa shape index (κ2) is 8.70. The van der Waals surface area contributed by atoms with Crippen molar-refractivity contribution >= 4 is 28.4 Å². The number of halogens is 2. The number of hydrogen-bond donors (Lipinski definition) is 3. The van der Waals surface area contributed by atoms with Crippen molar-refractivity contribution in [3.8, 4) is 11.5 Å². The third-order valence-electron chi connectivity index (χ3n) is 4.42. The molecule has 0 saturated heterocycles. The molecule has 0 fully saturated rings. The van der Waals surface area contributed by atoms with Crippen LogP contribution in [-0.4, -0.2) is 23.3 Å². The average Bonchev–Trinajstić information content (AvgIpc) is 3.13. The Kier molecular flexibility index (Phi) is 5.65. The van der Waals surface area contributed by atoms with Gasteiger partial charge in [0.2, 0.25) is 0 Å². The van der Waals surface area contributed by atoms with Crippen LogP contribution in [0.3, 0.4) is 0 Å². The molecule has 4 aromatic rings. The van der Waals surface area contributed by atoms with Gasteiger partial charge in [0.25, 0.3) is 0 Å². The number of fused-ring (bicyclic) bond motifs is 1. The lowest BCUT2D eigenvalue weighted by molar-refractivity contribution is 0.262. The number of anilines is 2. The van der Waals surface area contributed by atoms with E-state index in [4.69, 9.17) is 9.47 Å². The number of H-pyrrole nitrogens is 1. The number of amides is 2. The fraction of sp³-hybridized carbons (Fsp3) is 0.0909. The number of aromatic nitrogens is 2. The first-order valence-electron chi connectivity index (χ1n) is 9.28. The average molecular weight is 424 g/mol. The minimum atomic E-state index is -0.669. The maximum absolute atomic E-state index is 13.3. The summed E-state index contributed by atoms with van der Waals surface area (Å²) in [6.07, 6.45) is 0. The summed E-state index contributed by atoms with van der Waals surface area (Å²) in [6, 6.07) is 14.8. The van der Waals surface area contributed by atoms with Crippen molar-refractivity contribution in [2.24, 2.45) is 0 Å². The highest BCUT2D eigenvalue weighted by Crippen LogP contribution is 2.26. The number of nitrogens with zero attached hydrogens (tertiary/aromatic N) is 1. The highest BCUT2D eigenvalue weighted by atomic mass is 19.1. The zero-order valence-electron chi connectivity index (χ0n) is 16.4. The molecule has 31 heavy (non-hydrogen) atoms. The molecule has 7 nitrogen and oxygen atoms in total. The van der Waals surface area contributed by atoms with Crippen molar-refractivity contribution in [3.63, 3.8) is 0 Å². The van der Waals surface area contributed by atoms with Crippen LogP contribution in [-0.2, 0) is 6.61 Å². The smallest absolute Gasteiger partial charge is 0.324 e. The molecule has 2 amide bonds. The Labute approximate surface area is 176 Å². The van der Waals surface area contributed by atoms with Crippen LogP contribution in [0, 0.1) is 11.6 Å². The SMILES string of the molecule is COc1cccc(NC(=O)Nc2n[nH]c3ccc(OCc4cc(F)cc(F)c4)cc23)c1. The normalized spacial score (nSPS) is 10.7. The van der Waals surface area contributed by atoms with Gasteiger partial charge < -0.3 is 14.8 Å². The first-order valence-corrected chi connectivity index (χ1v) is 9.28. The zero-order valence-corrected chi connectivity index (χ0v) is 16.4. The van der Waals surface area contributed by atoms with Crippen molar-refractivity contribution in [2.75, 3.05) is 17.7 Å². The van der Waals surface area contributed by atoms with Crippen molar-refractivity contribution < 1.29 is 23.0 Å². The molecule has 0 radical (unpaired) electrons. The van der Waals surface area contributed by atoms with E-state index in [1.54, 1.807) is 49.6 Å². The molecule has 1 aromatic heterocycles. The number of urea groups is 1. The molecule has 3 N–H and O–H groups in total. The lowest BCUT2D eigenvalue weighted by atomic mass is 10.2. The third-order valence-corrected chi connectivity index (χ3v) is 4.42. The molecule has 0 aliphatic carbocycles. The summed E-state index contributed by atoms with van der Waals surface area (Å²) in [6.45, 7) is -0.0167. The van der Waals surface area contributed by atoms with E-state index >= 15 is 0 Å². The van der Waals surface area contributed by atoms with E-state index in [0.717, 1.165) is 6.07 Å². The van der Waals surface area contributed by atoms with E-state index in [-0.39, 0.29) is 6.61 Å². The molecule has 0 aliphatic heterocycles. The van der Waals surface area contributed by atoms with Crippen LogP contribution in [0.15, 0.2) is 60.7 Å². The Morgan fingerprint density at radius 2 is 1.81 bits per heavy atom. The first-order chi connectivity index (χ1) is 15.0. The van der Waals surface area contributed by atoms with E-state index in [0.29, 0.717) is 39.5 Å². The van der Waals surface area contributed by atoms with Gasteiger partial charge in [0.15, 0.2) is 5.82 Å². The van der Waals surface area contributed by atoms with Gasteiger partial charge in [-0.3, -0.25) is 10.4 Å². The second-order valence-corrected chi connectivity index (χ2v) is 6.66. The predicted octanol–water partition coefficient (Wildman–Crippen LogP) is 5.07. The number of carbonyl (C=O) groups excluding carboxylic acids is 1. The van der Waals surface area contributed by atoms with E-state index in [9.17, 15) is 13.6 Å². The first kappa shape index (κ1) is 20.1. The molecule has 3 aromatic carbocycles. The number of aromatic amines is 1. The van der Waals surface area contributed by atoms with E-state index in [1.165, 1.54) is 12.1 Å². The fourth-order valence-electron chi connectivity index (χ4n) is 3.01. The lowest BCUT2D eigenvalue weighted by Gasteiger charge is -2.09. The minimum absolute atomic E-state index is 0.0167. The van der Waals surface area contributed by atoms with Crippen molar-refractivity contribution in [3.05, 3.63) is 77.9 Å². The molecule has 0 atom stereocenters. The second-order valence-electron chi connectivity index (χ2n) is 6.66. The van der Waals surface area contributed by atoms with Gasteiger partial charge in [-0.05, 0) is 48.0 Å². The molecule has 0 unspecified atom stereocenters. The van der Waals surface area contributed by atoms with Crippen LogP contribution in [0.4, 0.5) is 25.1 Å².